The molecule has 8 heteroatoms. The smallest absolute Gasteiger partial charge is 0.304 e. The van der Waals surface area contributed by atoms with Gasteiger partial charge in [-0.1, -0.05) is 0 Å². The lowest BCUT2D eigenvalue weighted by molar-refractivity contribution is -0.137. The van der Waals surface area contributed by atoms with Crippen molar-refractivity contribution in [2.24, 2.45) is 7.05 Å². The highest BCUT2D eigenvalue weighted by atomic mass is 32.2. The molecule has 0 aromatic carbocycles. The molecule has 0 saturated heterocycles. The molecule has 16 heavy (non-hydrogen) atoms. The molecular formula is C8H13N3O4S. The summed E-state index contributed by atoms with van der Waals surface area (Å²) in [5, 5.41) is 12.2. The van der Waals surface area contributed by atoms with Gasteiger partial charge in [0, 0.05) is 19.3 Å². The van der Waals surface area contributed by atoms with Crippen molar-refractivity contribution in [1.29, 1.82) is 0 Å². The van der Waals surface area contributed by atoms with Gasteiger partial charge in [-0.05, 0) is 6.92 Å². The van der Waals surface area contributed by atoms with Gasteiger partial charge in [0.05, 0.1) is 12.6 Å². The van der Waals surface area contributed by atoms with Gasteiger partial charge in [0.25, 0.3) is 0 Å². The van der Waals surface area contributed by atoms with E-state index in [0.717, 1.165) is 0 Å². The number of aromatic nitrogens is 2. The summed E-state index contributed by atoms with van der Waals surface area (Å²) in [5.74, 6) is -1.05. The van der Waals surface area contributed by atoms with Crippen LogP contribution in [-0.4, -0.2) is 35.3 Å². The van der Waals surface area contributed by atoms with Crippen LogP contribution in [0.5, 0.6) is 0 Å². The number of aryl methyl sites for hydroxylation is 1. The van der Waals surface area contributed by atoms with Gasteiger partial charge in [0.2, 0.25) is 10.0 Å². The Morgan fingerprint density at radius 1 is 1.69 bits per heavy atom. The summed E-state index contributed by atoms with van der Waals surface area (Å²) in [6.07, 6.45) is 2.28. The van der Waals surface area contributed by atoms with Crippen LogP contribution in [0, 0.1) is 0 Å². The molecule has 0 aliphatic heterocycles. The third-order valence-electron chi connectivity index (χ3n) is 1.83. The van der Waals surface area contributed by atoms with Crippen molar-refractivity contribution in [3.8, 4) is 0 Å². The largest absolute Gasteiger partial charge is 0.481 e. The van der Waals surface area contributed by atoms with E-state index < -0.39 is 22.0 Å². The number of hydrogen-bond donors (Lipinski definition) is 2. The van der Waals surface area contributed by atoms with Crippen LogP contribution in [0.25, 0.3) is 0 Å². The second kappa shape index (κ2) is 4.62. The fourth-order valence-corrected chi connectivity index (χ4v) is 2.40. The highest BCUT2D eigenvalue weighted by Gasteiger charge is 2.20. The maximum Gasteiger partial charge on any atom is 0.304 e. The number of rotatable bonds is 5. The minimum atomic E-state index is -3.68. The molecule has 2 N–H and O–H groups in total. The summed E-state index contributed by atoms with van der Waals surface area (Å²) in [6.45, 7) is 1.49. The van der Waals surface area contributed by atoms with E-state index in [1.165, 1.54) is 24.0 Å². The van der Waals surface area contributed by atoms with Crippen molar-refractivity contribution in [3.63, 3.8) is 0 Å². The lowest BCUT2D eigenvalue weighted by Crippen LogP contribution is -2.34. The summed E-state index contributed by atoms with van der Waals surface area (Å²) in [7, 11) is -2.08. The zero-order chi connectivity index (χ0) is 12.3. The molecule has 1 unspecified atom stereocenters. The first-order valence-corrected chi connectivity index (χ1v) is 6.02. The van der Waals surface area contributed by atoms with E-state index in [1.54, 1.807) is 7.05 Å². The maximum absolute atomic E-state index is 11.7. The minimum absolute atomic E-state index is 0.0206. The lowest BCUT2D eigenvalue weighted by atomic mass is 10.3. The van der Waals surface area contributed by atoms with Gasteiger partial charge < -0.3 is 5.11 Å². The molecule has 0 fully saturated rings. The molecule has 1 aromatic rings. The van der Waals surface area contributed by atoms with Crippen LogP contribution in [0.15, 0.2) is 17.3 Å². The van der Waals surface area contributed by atoms with E-state index in [9.17, 15) is 13.2 Å². The molecule has 90 valence electrons. The van der Waals surface area contributed by atoms with Gasteiger partial charge in [0.15, 0.2) is 0 Å². The number of carboxylic acid groups (broad SMARTS) is 1. The molecule has 0 aliphatic carbocycles. The maximum atomic E-state index is 11.7. The Hall–Kier alpha value is -1.41. The lowest BCUT2D eigenvalue weighted by Gasteiger charge is -2.10. The Balaban J connectivity index is 2.76. The average molecular weight is 247 g/mol. The highest BCUT2D eigenvalue weighted by molar-refractivity contribution is 7.89. The summed E-state index contributed by atoms with van der Waals surface area (Å²) < 4.78 is 27.0. The first-order chi connectivity index (χ1) is 7.31. The number of carbonyl (C=O) groups is 1. The average Bonchev–Trinajstić information content (AvgIpc) is 2.49. The van der Waals surface area contributed by atoms with Crippen molar-refractivity contribution < 1.29 is 18.3 Å². The zero-order valence-corrected chi connectivity index (χ0v) is 9.73. The van der Waals surface area contributed by atoms with E-state index in [2.05, 4.69) is 9.82 Å². The summed E-state index contributed by atoms with van der Waals surface area (Å²) >= 11 is 0. The molecule has 0 amide bonds. The normalized spacial score (nSPS) is 13.6. The van der Waals surface area contributed by atoms with E-state index in [4.69, 9.17) is 5.11 Å². The minimum Gasteiger partial charge on any atom is -0.481 e. The predicted octanol–water partition coefficient (Wildman–Crippen LogP) is -0.438. The fourth-order valence-electron chi connectivity index (χ4n) is 1.17. The van der Waals surface area contributed by atoms with Crippen molar-refractivity contribution in [2.75, 3.05) is 0 Å². The molecular weight excluding hydrogens is 234 g/mol. The molecule has 0 radical (unpaired) electrons. The van der Waals surface area contributed by atoms with Gasteiger partial charge in [-0.25, -0.2) is 13.1 Å². The van der Waals surface area contributed by atoms with Crippen LogP contribution in [0.3, 0.4) is 0 Å². The molecule has 0 saturated carbocycles. The number of hydrogen-bond acceptors (Lipinski definition) is 4. The standard InChI is InChI=1S/C8H13N3O4S/c1-6(3-8(12)13)10-16(14,15)7-4-9-11(2)5-7/h4-6,10H,3H2,1-2H3,(H,12,13). The second-order valence-electron chi connectivity index (χ2n) is 3.47. The van der Waals surface area contributed by atoms with Crippen LogP contribution in [0.1, 0.15) is 13.3 Å². The number of sulfonamides is 1. The number of aliphatic carboxylic acids is 1. The van der Waals surface area contributed by atoms with E-state index in [-0.39, 0.29) is 11.3 Å². The summed E-state index contributed by atoms with van der Waals surface area (Å²) in [6, 6.07) is -0.664. The fraction of sp³-hybridized carbons (Fsp3) is 0.500. The zero-order valence-electron chi connectivity index (χ0n) is 8.91. The molecule has 1 atom stereocenters. The third kappa shape index (κ3) is 3.31. The Morgan fingerprint density at radius 2 is 2.31 bits per heavy atom. The van der Waals surface area contributed by atoms with Crippen molar-refractivity contribution in [3.05, 3.63) is 12.4 Å². The van der Waals surface area contributed by atoms with Gasteiger partial charge in [-0.2, -0.15) is 5.10 Å². The van der Waals surface area contributed by atoms with Gasteiger partial charge in [0.1, 0.15) is 4.90 Å². The molecule has 1 heterocycles. The van der Waals surface area contributed by atoms with E-state index in [0.29, 0.717) is 0 Å². The van der Waals surface area contributed by atoms with E-state index >= 15 is 0 Å². The van der Waals surface area contributed by atoms with Crippen LogP contribution in [-0.2, 0) is 21.9 Å². The Labute approximate surface area is 93.1 Å². The predicted molar refractivity (Wildman–Crippen MR) is 55.2 cm³/mol. The van der Waals surface area contributed by atoms with Crippen molar-refractivity contribution >= 4 is 16.0 Å². The molecule has 7 nitrogen and oxygen atoms in total. The summed E-state index contributed by atoms with van der Waals surface area (Å²) in [5.41, 5.74) is 0. The second-order valence-corrected chi connectivity index (χ2v) is 5.18. The van der Waals surface area contributed by atoms with Gasteiger partial charge >= 0.3 is 5.97 Å². The molecule has 0 aliphatic rings. The molecule has 0 spiro atoms. The summed E-state index contributed by atoms with van der Waals surface area (Å²) in [4.78, 5) is 10.4. The molecule has 1 rings (SSSR count). The molecule has 1 aromatic heterocycles. The Bertz CT molecular complexity index is 479. The first kappa shape index (κ1) is 12.7. The molecule has 0 bridgehead atoms. The number of nitrogens with zero attached hydrogens (tertiary/aromatic N) is 2. The first-order valence-electron chi connectivity index (χ1n) is 4.54. The van der Waals surface area contributed by atoms with Crippen molar-refractivity contribution in [2.45, 2.75) is 24.3 Å². The van der Waals surface area contributed by atoms with Crippen LogP contribution in [0.4, 0.5) is 0 Å². The van der Waals surface area contributed by atoms with Gasteiger partial charge in [-0.15, -0.1) is 0 Å². The van der Waals surface area contributed by atoms with Crippen LogP contribution in [0.2, 0.25) is 0 Å². The van der Waals surface area contributed by atoms with Gasteiger partial charge in [-0.3, -0.25) is 9.48 Å². The quantitative estimate of drug-likeness (QED) is 0.734. The number of nitrogens with one attached hydrogen (secondary N) is 1. The Kier molecular flexibility index (Phi) is 3.66. The van der Waals surface area contributed by atoms with E-state index in [1.807, 2.05) is 0 Å². The Morgan fingerprint density at radius 3 is 2.75 bits per heavy atom. The topological polar surface area (TPSA) is 101 Å². The van der Waals surface area contributed by atoms with Crippen LogP contribution < -0.4 is 4.72 Å². The third-order valence-corrected chi connectivity index (χ3v) is 3.37. The van der Waals surface area contributed by atoms with Crippen molar-refractivity contribution in [1.82, 2.24) is 14.5 Å². The highest BCUT2D eigenvalue weighted by Crippen LogP contribution is 2.07. The number of carboxylic acids is 1. The van der Waals surface area contributed by atoms with Crippen LogP contribution >= 0.6 is 0 Å². The SMILES string of the molecule is CC(CC(=O)O)NS(=O)(=O)c1cnn(C)c1. The monoisotopic (exact) mass is 247 g/mol.